The first-order chi connectivity index (χ1) is 4.24. The van der Waals surface area contributed by atoms with E-state index in [1.54, 1.807) is 4.90 Å². The summed E-state index contributed by atoms with van der Waals surface area (Å²) in [5.41, 5.74) is 0. The number of hydrogen-bond acceptors (Lipinski definition) is 2. The third-order valence-corrected chi connectivity index (χ3v) is 1.45. The summed E-state index contributed by atoms with van der Waals surface area (Å²) in [6, 6.07) is 0. The number of rotatable bonds is 1. The Balaban J connectivity index is 2.58. The summed E-state index contributed by atoms with van der Waals surface area (Å²) in [4.78, 5) is 22.8. The Morgan fingerprint density at radius 2 is 2.22 bits per heavy atom. The van der Waals surface area contributed by atoms with Crippen molar-refractivity contribution in [3.05, 3.63) is 0 Å². The van der Waals surface area contributed by atoms with Crippen molar-refractivity contribution >= 4 is 11.7 Å². The molecule has 1 rings (SSSR count). The van der Waals surface area contributed by atoms with Crippen LogP contribution in [-0.4, -0.2) is 29.7 Å². The molecular formula is C6H9NO2. The topological polar surface area (TPSA) is 37.4 Å². The van der Waals surface area contributed by atoms with Crippen LogP contribution in [0.15, 0.2) is 0 Å². The van der Waals surface area contributed by atoms with Crippen LogP contribution in [0.25, 0.3) is 0 Å². The van der Waals surface area contributed by atoms with Gasteiger partial charge in [-0.05, 0) is 6.92 Å². The van der Waals surface area contributed by atoms with Crippen molar-refractivity contribution < 1.29 is 9.59 Å². The SMILES string of the molecule is CCN1CC(=O)CC1=O. The minimum absolute atomic E-state index is 0.0255. The molecule has 1 saturated heterocycles. The van der Waals surface area contributed by atoms with Gasteiger partial charge in [0.25, 0.3) is 0 Å². The van der Waals surface area contributed by atoms with E-state index in [0.717, 1.165) is 0 Å². The molecule has 0 aromatic rings. The van der Waals surface area contributed by atoms with Crippen LogP contribution in [0.2, 0.25) is 0 Å². The number of amides is 1. The molecule has 1 aliphatic heterocycles. The number of nitrogens with zero attached hydrogens (tertiary/aromatic N) is 1. The van der Waals surface area contributed by atoms with Crippen molar-refractivity contribution in [2.24, 2.45) is 0 Å². The Morgan fingerprint density at radius 1 is 1.56 bits per heavy atom. The van der Waals surface area contributed by atoms with E-state index in [9.17, 15) is 9.59 Å². The summed E-state index contributed by atoms with van der Waals surface area (Å²) >= 11 is 0. The van der Waals surface area contributed by atoms with Gasteiger partial charge in [-0.2, -0.15) is 0 Å². The molecule has 1 fully saturated rings. The summed E-state index contributed by atoms with van der Waals surface area (Å²) in [6.07, 6.45) is 0.119. The summed E-state index contributed by atoms with van der Waals surface area (Å²) in [6.45, 7) is 2.86. The zero-order chi connectivity index (χ0) is 6.85. The lowest BCUT2D eigenvalue weighted by Crippen LogP contribution is -2.24. The molecule has 0 radical (unpaired) electrons. The fraction of sp³-hybridized carbons (Fsp3) is 0.667. The molecular weight excluding hydrogens is 118 g/mol. The molecule has 0 saturated carbocycles. The van der Waals surface area contributed by atoms with E-state index in [1.807, 2.05) is 6.92 Å². The van der Waals surface area contributed by atoms with Gasteiger partial charge in [0.15, 0.2) is 5.78 Å². The monoisotopic (exact) mass is 127 g/mol. The number of Topliss-reactive ketones (excluding diaryl/α,β-unsaturated/α-hetero) is 1. The first-order valence-electron chi connectivity index (χ1n) is 3.03. The van der Waals surface area contributed by atoms with Gasteiger partial charge < -0.3 is 4.90 Å². The van der Waals surface area contributed by atoms with E-state index in [0.29, 0.717) is 13.1 Å². The Morgan fingerprint density at radius 3 is 2.44 bits per heavy atom. The molecule has 0 spiro atoms. The fourth-order valence-corrected chi connectivity index (χ4v) is 0.926. The zero-order valence-electron chi connectivity index (χ0n) is 5.39. The Labute approximate surface area is 53.6 Å². The van der Waals surface area contributed by atoms with Gasteiger partial charge in [-0.25, -0.2) is 0 Å². The highest BCUT2D eigenvalue weighted by atomic mass is 16.2. The van der Waals surface area contributed by atoms with E-state index < -0.39 is 0 Å². The highest BCUT2D eigenvalue weighted by molar-refractivity contribution is 6.05. The van der Waals surface area contributed by atoms with Gasteiger partial charge in [0, 0.05) is 6.54 Å². The van der Waals surface area contributed by atoms with E-state index >= 15 is 0 Å². The number of carbonyl (C=O) groups excluding carboxylic acids is 2. The molecule has 3 nitrogen and oxygen atoms in total. The maximum atomic E-state index is 10.7. The normalized spacial score (nSPS) is 19.4. The molecule has 1 aliphatic rings. The molecule has 1 amide bonds. The smallest absolute Gasteiger partial charge is 0.230 e. The fourth-order valence-electron chi connectivity index (χ4n) is 0.926. The average Bonchev–Trinajstić information content (AvgIpc) is 2.10. The Kier molecular flexibility index (Phi) is 1.51. The second-order valence-electron chi connectivity index (χ2n) is 2.12. The lowest BCUT2D eigenvalue weighted by molar-refractivity contribution is -0.127. The Bertz CT molecular complexity index is 153. The number of ketones is 1. The van der Waals surface area contributed by atoms with Gasteiger partial charge in [0.1, 0.15) is 0 Å². The molecule has 50 valence electrons. The highest BCUT2D eigenvalue weighted by Crippen LogP contribution is 2.04. The second-order valence-corrected chi connectivity index (χ2v) is 2.12. The van der Waals surface area contributed by atoms with E-state index in [4.69, 9.17) is 0 Å². The number of likely N-dealkylation sites (tertiary alicyclic amines) is 1. The molecule has 1 heterocycles. The molecule has 0 atom stereocenters. The first kappa shape index (κ1) is 6.26. The summed E-state index contributed by atoms with van der Waals surface area (Å²) in [5.74, 6) is 0.0179. The summed E-state index contributed by atoms with van der Waals surface area (Å²) in [5, 5.41) is 0. The lowest BCUT2D eigenvalue weighted by Gasteiger charge is -2.08. The second kappa shape index (κ2) is 2.17. The molecule has 0 aliphatic carbocycles. The zero-order valence-corrected chi connectivity index (χ0v) is 5.39. The van der Waals surface area contributed by atoms with Crippen molar-refractivity contribution in [1.82, 2.24) is 4.90 Å². The largest absolute Gasteiger partial charge is 0.335 e. The van der Waals surface area contributed by atoms with Gasteiger partial charge in [-0.15, -0.1) is 0 Å². The van der Waals surface area contributed by atoms with E-state index in [2.05, 4.69) is 0 Å². The standard InChI is InChI=1S/C6H9NO2/c1-2-7-4-5(8)3-6(7)9/h2-4H2,1H3. The van der Waals surface area contributed by atoms with Crippen molar-refractivity contribution in [1.29, 1.82) is 0 Å². The third kappa shape index (κ3) is 1.09. The molecule has 0 aromatic heterocycles. The van der Waals surface area contributed by atoms with Crippen molar-refractivity contribution in [3.8, 4) is 0 Å². The van der Waals surface area contributed by atoms with Crippen LogP contribution < -0.4 is 0 Å². The Hall–Kier alpha value is -0.860. The van der Waals surface area contributed by atoms with Gasteiger partial charge >= 0.3 is 0 Å². The van der Waals surface area contributed by atoms with Crippen molar-refractivity contribution in [2.45, 2.75) is 13.3 Å². The number of hydrogen-bond donors (Lipinski definition) is 0. The van der Waals surface area contributed by atoms with Crippen LogP contribution in [0, 0.1) is 0 Å². The van der Waals surface area contributed by atoms with Gasteiger partial charge in [0.2, 0.25) is 5.91 Å². The van der Waals surface area contributed by atoms with Crippen LogP contribution in [0.5, 0.6) is 0 Å². The van der Waals surface area contributed by atoms with Crippen LogP contribution >= 0.6 is 0 Å². The van der Waals surface area contributed by atoms with Crippen LogP contribution in [0.3, 0.4) is 0 Å². The molecule has 3 heteroatoms. The molecule has 0 unspecified atom stereocenters. The van der Waals surface area contributed by atoms with E-state index in [-0.39, 0.29) is 18.1 Å². The molecule has 0 aromatic carbocycles. The molecule has 0 N–H and O–H groups in total. The van der Waals surface area contributed by atoms with Crippen molar-refractivity contribution in [2.75, 3.05) is 13.1 Å². The highest BCUT2D eigenvalue weighted by Gasteiger charge is 2.25. The average molecular weight is 127 g/mol. The van der Waals surface area contributed by atoms with Crippen LogP contribution in [0.1, 0.15) is 13.3 Å². The predicted octanol–water partition coefficient (Wildman–Crippen LogP) is -0.192. The van der Waals surface area contributed by atoms with Crippen LogP contribution in [-0.2, 0) is 9.59 Å². The van der Waals surface area contributed by atoms with Gasteiger partial charge in [-0.1, -0.05) is 0 Å². The van der Waals surface area contributed by atoms with E-state index in [1.165, 1.54) is 0 Å². The maximum Gasteiger partial charge on any atom is 0.230 e. The van der Waals surface area contributed by atoms with Gasteiger partial charge in [-0.3, -0.25) is 9.59 Å². The molecule has 9 heavy (non-hydrogen) atoms. The van der Waals surface area contributed by atoms with Crippen molar-refractivity contribution in [3.63, 3.8) is 0 Å². The minimum Gasteiger partial charge on any atom is -0.335 e. The maximum absolute atomic E-state index is 10.7. The minimum atomic E-state index is -0.0255. The summed E-state index contributed by atoms with van der Waals surface area (Å²) < 4.78 is 0. The predicted molar refractivity (Wildman–Crippen MR) is 31.9 cm³/mol. The van der Waals surface area contributed by atoms with Gasteiger partial charge in [0.05, 0.1) is 13.0 Å². The lowest BCUT2D eigenvalue weighted by atomic mass is 10.3. The first-order valence-corrected chi connectivity index (χ1v) is 3.03. The summed E-state index contributed by atoms with van der Waals surface area (Å²) in [7, 11) is 0. The third-order valence-electron chi connectivity index (χ3n) is 1.45. The number of carbonyl (C=O) groups is 2. The molecule has 0 bridgehead atoms. The quantitative estimate of drug-likeness (QED) is 0.458. The van der Waals surface area contributed by atoms with Crippen LogP contribution in [0.4, 0.5) is 0 Å². The number of likely N-dealkylation sites (N-methyl/N-ethyl adjacent to an activating group) is 1.